The highest BCUT2D eigenvalue weighted by molar-refractivity contribution is 7.80. The molecule has 1 aromatic rings. The topological polar surface area (TPSA) is 15.3 Å². The molecule has 15 heavy (non-hydrogen) atoms. The van der Waals surface area contributed by atoms with Gasteiger partial charge >= 0.3 is 0 Å². The zero-order chi connectivity index (χ0) is 11.3. The van der Waals surface area contributed by atoms with Gasteiger partial charge in [0.25, 0.3) is 0 Å². The van der Waals surface area contributed by atoms with E-state index in [1.807, 2.05) is 24.9 Å². The zero-order valence-electron chi connectivity index (χ0n) is 8.96. The molecule has 0 saturated heterocycles. The second-order valence-corrected chi connectivity index (χ2v) is 3.71. The van der Waals surface area contributed by atoms with Gasteiger partial charge in [0.15, 0.2) is 5.11 Å². The normalized spacial score (nSPS) is 9.80. The molecule has 0 atom stereocenters. The molecule has 0 unspecified atom stereocenters. The minimum Gasteiger partial charge on any atom is -0.363 e. The van der Waals surface area contributed by atoms with E-state index in [-0.39, 0.29) is 5.82 Å². The fraction of sp³-hybridized carbons (Fsp3) is 0.364. The van der Waals surface area contributed by atoms with E-state index in [9.17, 15) is 4.39 Å². The van der Waals surface area contributed by atoms with Gasteiger partial charge in [0.1, 0.15) is 5.82 Å². The molecular formula is C11H15FN2S. The molecule has 1 N–H and O–H groups in total. The van der Waals surface area contributed by atoms with Crippen molar-refractivity contribution >= 4 is 17.3 Å². The van der Waals surface area contributed by atoms with Crippen LogP contribution < -0.4 is 5.32 Å². The summed E-state index contributed by atoms with van der Waals surface area (Å²) < 4.78 is 12.9. The van der Waals surface area contributed by atoms with Gasteiger partial charge < -0.3 is 10.2 Å². The second kappa shape index (κ2) is 5.66. The monoisotopic (exact) mass is 226 g/mol. The summed E-state index contributed by atoms with van der Waals surface area (Å²) in [5.74, 6) is -0.213. The molecule has 0 aliphatic rings. The van der Waals surface area contributed by atoms with Crippen LogP contribution in [-0.2, 0) is 6.54 Å². The van der Waals surface area contributed by atoms with Crippen LogP contribution in [0.25, 0.3) is 0 Å². The maximum atomic E-state index is 12.9. The van der Waals surface area contributed by atoms with Gasteiger partial charge in [0.05, 0.1) is 0 Å². The van der Waals surface area contributed by atoms with Crippen molar-refractivity contribution in [3.8, 4) is 0 Å². The first-order chi connectivity index (χ1) is 7.13. The van der Waals surface area contributed by atoms with Crippen LogP contribution in [0.5, 0.6) is 0 Å². The van der Waals surface area contributed by atoms with E-state index in [0.717, 1.165) is 12.1 Å². The van der Waals surface area contributed by atoms with Gasteiger partial charge in [-0.15, -0.1) is 0 Å². The molecule has 4 heteroatoms. The Labute approximate surface area is 95.1 Å². The Morgan fingerprint density at radius 2 is 2.27 bits per heavy atom. The van der Waals surface area contributed by atoms with E-state index in [4.69, 9.17) is 12.2 Å². The second-order valence-electron chi connectivity index (χ2n) is 3.32. The lowest BCUT2D eigenvalue weighted by Crippen LogP contribution is -2.36. The summed E-state index contributed by atoms with van der Waals surface area (Å²) in [6.07, 6.45) is 0. The Bertz CT molecular complexity index is 341. The van der Waals surface area contributed by atoms with Crippen molar-refractivity contribution in [1.82, 2.24) is 10.2 Å². The van der Waals surface area contributed by atoms with Crippen LogP contribution in [0.4, 0.5) is 4.39 Å². The van der Waals surface area contributed by atoms with Crippen LogP contribution in [0.15, 0.2) is 24.3 Å². The number of nitrogens with one attached hydrogen (secondary N) is 1. The molecule has 0 aliphatic carbocycles. The lowest BCUT2D eigenvalue weighted by molar-refractivity contribution is 0.488. The lowest BCUT2D eigenvalue weighted by Gasteiger charge is -2.20. The summed E-state index contributed by atoms with van der Waals surface area (Å²) in [6.45, 7) is 3.40. The highest BCUT2D eigenvalue weighted by atomic mass is 32.1. The number of rotatable bonds is 3. The number of nitrogens with zero attached hydrogens (tertiary/aromatic N) is 1. The van der Waals surface area contributed by atoms with Crippen molar-refractivity contribution in [3.63, 3.8) is 0 Å². The van der Waals surface area contributed by atoms with Crippen LogP contribution in [0.2, 0.25) is 0 Å². The van der Waals surface area contributed by atoms with Gasteiger partial charge in [-0.2, -0.15) is 0 Å². The molecule has 82 valence electrons. The van der Waals surface area contributed by atoms with Crippen LogP contribution in [0.3, 0.4) is 0 Å². The van der Waals surface area contributed by atoms with Crippen molar-refractivity contribution in [2.24, 2.45) is 0 Å². The molecule has 1 aromatic carbocycles. The molecule has 1 rings (SSSR count). The van der Waals surface area contributed by atoms with Gasteiger partial charge in [0, 0.05) is 20.1 Å². The van der Waals surface area contributed by atoms with Gasteiger partial charge in [-0.05, 0) is 36.8 Å². The van der Waals surface area contributed by atoms with Gasteiger partial charge in [-0.25, -0.2) is 4.39 Å². The van der Waals surface area contributed by atoms with Gasteiger partial charge in [0.2, 0.25) is 0 Å². The molecule has 0 fully saturated rings. The van der Waals surface area contributed by atoms with Crippen molar-refractivity contribution in [3.05, 3.63) is 35.6 Å². The molecule has 0 spiro atoms. The Morgan fingerprint density at radius 1 is 1.53 bits per heavy atom. The summed E-state index contributed by atoms with van der Waals surface area (Å²) in [6, 6.07) is 6.54. The van der Waals surface area contributed by atoms with E-state index in [1.165, 1.54) is 12.1 Å². The summed E-state index contributed by atoms with van der Waals surface area (Å²) in [5.41, 5.74) is 0.915. The summed E-state index contributed by atoms with van der Waals surface area (Å²) in [5, 5.41) is 3.73. The lowest BCUT2D eigenvalue weighted by atomic mass is 10.2. The van der Waals surface area contributed by atoms with E-state index in [2.05, 4.69) is 5.32 Å². The SMILES string of the molecule is CCNC(=S)N(C)Cc1cccc(F)c1. The maximum absolute atomic E-state index is 12.9. The number of halogens is 1. The largest absolute Gasteiger partial charge is 0.363 e. The first kappa shape index (κ1) is 11.9. The molecule has 2 nitrogen and oxygen atoms in total. The summed E-state index contributed by atoms with van der Waals surface area (Å²) in [7, 11) is 1.88. The Hall–Kier alpha value is -1.16. The highest BCUT2D eigenvalue weighted by Gasteiger charge is 2.04. The van der Waals surface area contributed by atoms with Crippen LogP contribution in [0, 0.1) is 5.82 Å². The predicted molar refractivity (Wildman–Crippen MR) is 64.1 cm³/mol. The van der Waals surface area contributed by atoms with Crippen molar-refractivity contribution < 1.29 is 4.39 Å². The Morgan fingerprint density at radius 3 is 2.87 bits per heavy atom. The van der Waals surface area contributed by atoms with E-state index in [1.54, 1.807) is 6.07 Å². The highest BCUT2D eigenvalue weighted by Crippen LogP contribution is 2.06. The molecule has 0 radical (unpaired) electrons. The smallest absolute Gasteiger partial charge is 0.168 e. The molecule has 0 aromatic heterocycles. The minimum absolute atomic E-state index is 0.213. The number of benzene rings is 1. The Balaban J connectivity index is 2.58. The third kappa shape index (κ3) is 3.83. The van der Waals surface area contributed by atoms with Crippen LogP contribution in [-0.4, -0.2) is 23.6 Å². The Kier molecular flexibility index (Phi) is 4.49. The maximum Gasteiger partial charge on any atom is 0.168 e. The predicted octanol–water partition coefficient (Wildman–Crippen LogP) is 2.15. The molecule has 0 saturated carbocycles. The van der Waals surface area contributed by atoms with E-state index in [0.29, 0.717) is 11.7 Å². The fourth-order valence-electron chi connectivity index (χ4n) is 1.27. The quantitative estimate of drug-likeness (QED) is 0.795. The van der Waals surface area contributed by atoms with E-state index < -0.39 is 0 Å². The number of hydrogen-bond donors (Lipinski definition) is 1. The zero-order valence-corrected chi connectivity index (χ0v) is 9.77. The molecule has 0 aliphatic heterocycles. The van der Waals surface area contributed by atoms with E-state index >= 15 is 0 Å². The standard InChI is InChI=1S/C11H15FN2S/c1-3-13-11(15)14(2)8-9-5-4-6-10(12)7-9/h4-7H,3,8H2,1-2H3,(H,13,15). The average Bonchev–Trinajstić information content (AvgIpc) is 2.18. The third-order valence-electron chi connectivity index (χ3n) is 1.98. The van der Waals surface area contributed by atoms with Crippen molar-refractivity contribution in [1.29, 1.82) is 0 Å². The van der Waals surface area contributed by atoms with Gasteiger partial charge in [-0.1, -0.05) is 12.1 Å². The minimum atomic E-state index is -0.213. The molecule has 0 heterocycles. The third-order valence-corrected chi connectivity index (χ3v) is 2.44. The van der Waals surface area contributed by atoms with Crippen molar-refractivity contribution in [2.45, 2.75) is 13.5 Å². The fourth-order valence-corrected chi connectivity index (χ4v) is 1.48. The van der Waals surface area contributed by atoms with Gasteiger partial charge in [-0.3, -0.25) is 0 Å². The summed E-state index contributed by atoms with van der Waals surface area (Å²) >= 11 is 5.13. The molecule has 0 bridgehead atoms. The number of thiocarbonyl (C=S) groups is 1. The van der Waals surface area contributed by atoms with Crippen LogP contribution >= 0.6 is 12.2 Å². The number of hydrogen-bond acceptors (Lipinski definition) is 1. The van der Waals surface area contributed by atoms with Crippen molar-refractivity contribution in [2.75, 3.05) is 13.6 Å². The summed E-state index contributed by atoms with van der Waals surface area (Å²) in [4.78, 5) is 1.88. The van der Waals surface area contributed by atoms with Crippen LogP contribution in [0.1, 0.15) is 12.5 Å². The molecular weight excluding hydrogens is 211 g/mol. The first-order valence-corrected chi connectivity index (χ1v) is 5.27. The first-order valence-electron chi connectivity index (χ1n) is 4.87. The molecule has 0 amide bonds. The average molecular weight is 226 g/mol.